The van der Waals surface area contributed by atoms with E-state index in [9.17, 15) is 23.2 Å². The van der Waals surface area contributed by atoms with Crippen molar-refractivity contribution in [3.05, 3.63) is 75.9 Å². The smallest absolute Gasteiger partial charge is 0.160 e. The second-order valence-electron chi connectivity index (χ2n) is 6.64. The molecular formula is C21H13F3N2OS. The lowest BCUT2D eigenvalue weighted by Gasteiger charge is -2.05. The van der Waals surface area contributed by atoms with Gasteiger partial charge in [-0.2, -0.15) is 5.26 Å². The number of nitriles is 1. The highest BCUT2D eigenvalue weighted by molar-refractivity contribution is 7.10. The first-order valence-corrected chi connectivity index (χ1v) is 9.46. The lowest BCUT2D eigenvalue weighted by atomic mass is 9.99. The van der Waals surface area contributed by atoms with E-state index >= 15 is 0 Å². The number of carbonyl (C=O) groups is 1. The summed E-state index contributed by atoms with van der Waals surface area (Å²) in [6.45, 7) is 0. The Morgan fingerprint density at radius 2 is 1.89 bits per heavy atom. The number of nitrogens with zero attached hydrogens (tertiary/aromatic N) is 2. The number of carbonyl (C=O) groups excluding carboxylic acids is 1. The molecule has 3 atom stereocenters. The highest BCUT2D eigenvalue weighted by atomic mass is 32.1. The molecular weight excluding hydrogens is 385 g/mol. The van der Waals surface area contributed by atoms with Gasteiger partial charge in [-0.3, -0.25) is 4.79 Å². The summed E-state index contributed by atoms with van der Waals surface area (Å²) in [5, 5.41) is 11.1. The maximum absolute atomic E-state index is 14.0. The Morgan fingerprint density at radius 3 is 2.57 bits per heavy atom. The van der Waals surface area contributed by atoms with Crippen molar-refractivity contribution in [2.75, 3.05) is 0 Å². The molecule has 0 radical (unpaired) electrons. The van der Waals surface area contributed by atoms with Gasteiger partial charge in [-0.1, -0.05) is 18.2 Å². The molecule has 3 nitrogen and oxygen atoms in total. The third kappa shape index (κ3) is 3.32. The van der Waals surface area contributed by atoms with Crippen LogP contribution in [-0.4, -0.2) is 10.8 Å². The number of rotatable bonds is 5. The molecule has 1 heterocycles. The summed E-state index contributed by atoms with van der Waals surface area (Å²) in [5.41, 5.74) is 0.502. The number of hydrogen-bond donors (Lipinski definition) is 0. The molecule has 2 aromatic carbocycles. The van der Waals surface area contributed by atoms with Gasteiger partial charge in [-0.05, 0) is 42.2 Å². The Balaban J connectivity index is 1.57. The highest BCUT2D eigenvalue weighted by Crippen LogP contribution is 2.50. The van der Waals surface area contributed by atoms with Gasteiger partial charge in [-0.15, -0.1) is 11.3 Å². The monoisotopic (exact) mass is 398 g/mol. The SMILES string of the molecule is N#C[C@H](C(=O)[C@H]1C[C@H]1c1cccc(F)c1)c1nc(-c2c(F)cccc2F)cs1. The molecule has 7 heteroatoms. The molecule has 28 heavy (non-hydrogen) atoms. The van der Waals surface area contributed by atoms with E-state index < -0.39 is 17.6 Å². The summed E-state index contributed by atoms with van der Waals surface area (Å²) in [6, 6.07) is 11.5. The van der Waals surface area contributed by atoms with Crippen molar-refractivity contribution >= 4 is 17.1 Å². The summed E-state index contributed by atoms with van der Waals surface area (Å²) >= 11 is 1.02. The number of halogens is 3. The van der Waals surface area contributed by atoms with E-state index in [-0.39, 0.29) is 39.7 Å². The predicted octanol–water partition coefficient (Wildman–Crippen LogP) is 5.21. The van der Waals surface area contributed by atoms with Gasteiger partial charge in [0.1, 0.15) is 22.5 Å². The summed E-state index contributed by atoms with van der Waals surface area (Å²) in [6.07, 6.45) is 0.542. The second kappa shape index (κ2) is 7.21. The first kappa shape index (κ1) is 18.4. The largest absolute Gasteiger partial charge is 0.297 e. The van der Waals surface area contributed by atoms with E-state index in [1.54, 1.807) is 12.1 Å². The zero-order valence-corrected chi connectivity index (χ0v) is 15.2. The minimum Gasteiger partial charge on any atom is -0.297 e. The number of ketones is 1. The van der Waals surface area contributed by atoms with Gasteiger partial charge in [0, 0.05) is 11.3 Å². The maximum Gasteiger partial charge on any atom is 0.160 e. The van der Waals surface area contributed by atoms with Crippen LogP contribution in [0.1, 0.15) is 28.8 Å². The molecule has 1 saturated carbocycles. The Labute approximate surface area is 163 Å². The molecule has 3 aromatic rings. The summed E-state index contributed by atoms with van der Waals surface area (Å²) < 4.78 is 41.3. The van der Waals surface area contributed by atoms with Crippen LogP contribution in [0.2, 0.25) is 0 Å². The van der Waals surface area contributed by atoms with Crippen molar-refractivity contribution in [2.45, 2.75) is 18.3 Å². The van der Waals surface area contributed by atoms with Crippen molar-refractivity contribution in [3.8, 4) is 17.3 Å². The number of Topliss-reactive ketones (excluding diaryl/α,β-unsaturated/α-hetero) is 1. The third-order valence-electron chi connectivity index (χ3n) is 4.83. The molecule has 0 bridgehead atoms. The average Bonchev–Trinajstić information content (AvgIpc) is 3.34. The standard InChI is InChI=1S/C21H13F3N2OS/c22-12-4-1-3-11(7-12)13-8-14(13)20(27)15(9-25)21-26-18(10-28-21)19-16(23)5-2-6-17(19)24/h1-7,10,13-15H,8H2/t13-,14-,15+/m0/s1. The van der Waals surface area contributed by atoms with Crippen LogP contribution >= 0.6 is 11.3 Å². The van der Waals surface area contributed by atoms with Crippen LogP contribution in [0, 0.1) is 34.7 Å². The lowest BCUT2D eigenvalue weighted by molar-refractivity contribution is -0.120. The van der Waals surface area contributed by atoms with Gasteiger partial charge in [0.15, 0.2) is 11.7 Å². The molecule has 4 rings (SSSR count). The molecule has 0 N–H and O–H groups in total. The van der Waals surface area contributed by atoms with Gasteiger partial charge in [0.05, 0.1) is 17.3 Å². The van der Waals surface area contributed by atoms with Crippen LogP contribution in [-0.2, 0) is 4.79 Å². The van der Waals surface area contributed by atoms with E-state index in [0.717, 1.165) is 29.0 Å². The van der Waals surface area contributed by atoms with Crippen molar-refractivity contribution < 1.29 is 18.0 Å². The zero-order valence-electron chi connectivity index (χ0n) is 14.4. The molecule has 1 aromatic heterocycles. The van der Waals surface area contributed by atoms with Crippen LogP contribution in [0.3, 0.4) is 0 Å². The molecule has 0 aliphatic heterocycles. The number of benzene rings is 2. The van der Waals surface area contributed by atoms with Gasteiger partial charge in [0.2, 0.25) is 0 Å². The Bertz CT molecular complexity index is 1080. The Hall–Kier alpha value is -2.98. The normalized spacial score (nSPS) is 19.1. The van der Waals surface area contributed by atoms with Gasteiger partial charge in [0.25, 0.3) is 0 Å². The van der Waals surface area contributed by atoms with Crippen molar-refractivity contribution in [2.24, 2.45) is 5.92 Å². The molecule has 0 saturated heterocycles. The number of aromatic nitrogens is 1. The highest BCUT2D eigenvalue weighted by Gasteiger charge is 2.47. The number of hydrogen-bond acceptors (Lipinski definition) is 4. The molecule has 0 amide bonds. The molecule has 140 valence electrons. The quantitative estimate of drug-likeness (QED) is 0.593. The fourth-order valence-electron chi connectivity index (χ4n) is 3.35. The minimum atomic E-state index is -1.11. The predicted molar refractivity (Wildman–Crippen MR) is 98.1 cm³/mol. The van der Waals surface area contributed by atoms with Crippen LogP contribution in [0.4, 0.5) is 13.2 Å². The average molecular weight is 398 g/mol. The van der Waals surface area contributed by atoms with E-state index in [1.165, 1.54) is 23.6 Å². The van der Waals surface area contributed by atoms with Crippen molar-refractivity contribution in [3.63, 3.8) is 0 Å². The fourth-order valence-corrected chi connectivity index (χ4v) is 4.21. The van der Waals surface area contributed by atoms with Gasteiger partial charge in [-0.25, -0.2) is 18.2 Å². The van der Waals surface area contributed by atoms with Crippen molar-refractivity contribution in [1.82, 2.24) is 4.98 Å². The second-order valence-corrected chi connectivity index (χ2v) is 7.53. The van der Waals surface area contributed by atoms with Crippen LogP contribution in [0.15, 0.2) is 47.8 Å². The summed E-state index contributed by atoms with van der Waals surface area (Å²) in [4.78, 5) is 16.9. The zero-order chi connectivity index (χ0) is 19.8. The van der Waals surface area contributed by atoms with Crippen molar-refractivity contribution in [1.29, 1.82) is 5.26 Å². The summed E-state index contributed by atoms with van der Waals surface area (Å²) in [7, 11) is 0. The molecule has 1 fully saturated rings. The van der Waals surface area contributed by atoms with Crippen LogP contribution < -0.4 is 0 Å². The summed E-state index contributed by atoms with van der Waals surface area (Å²) in [5.74, 6) is -3.81. The van der Waals surface area contributed by atoms with Gasteiger partial charge < -0.3 is 0 Å². The number of thiazole rings is 1. The molecule has 1 aliphatic carbocycles. The Kier molecular flexibility index (Phi) is 4.73. The fraction of sp³-hybridized carbons (Fsp3) is 0.190. The van der Waals surface area contributed by atoms with Gasteiger partial charge >= 0.3 is 0 Å². The molecule has 1 aliphatic rings. The van der Waals surface area contributed by atoms with E-state index in [1.807, 2.05) is 6.07 Å². The van der Waals surface area contributed by atoms with Crippen LogP contribution in [0.5, 0.6) is 0 Å². The Morgan fingerprint density at radius 1 is 1.18 bits per heavy atom. The lowest BCUT2D eigenvalue weighted by Crippen LogP contribution is -2.13. The topological polar surface area (TPSA) is 53.8 Å². The van der Waals surface area contributed by atoms with E-state index in [4.69, 9.17) is 0 Å². The third-order valence-corrected chi connectivity index (χ3v) is 5.74. The maximum atomic E-state index is 14.0. The minimum absolute atomic E-state index is 0.0566. The first-order valence-electron chi connectivity index (χ1n) is 8.58. The van der Waals surface area contributed by atoms with E-state index in [0.29, 0.717) is 6.42 Å². The first-order chi connectivity index (χ1) is 13.5. The van der Waals surface area contributed by atoms with E-state index in [2.05, 4.69) is 4.98 Å². The molecule has 0 spiro atoms. The van der Waals surface area contributed by atoms with Crippen LogP contribution in [0.25, 0.3) is 11.3 Å². The molecule has 0 unspecified atom stereocenters.